The summed E-state index contributed by atoms with van der Waals surface area (Å²) in [7, 11) is 0. The molecule has 1 heterocycles. The lowest BCUT2D eigenvalue weighted by Gasteiger charge is -2.04. The number of thioether (sulfide) groups is 1. The maximum Gasteiger partial charge on any atom is 0.191 e. The van der Waals surface area contributed by atoms with E-state index in [1.54, 1.807) is 0 Å². The third kappa shape index (κ3) is 0.960. The number of nitriles is 1. The molecule has 3 N–H and O–H groups in total. The van der Waals surface area contributed by atoms with Gasteiger partial charge in [0.2, 0.25) is 0 Å². The van der Waals surface area contributed by atoms with Gasteiger partial charge < -0.3 is 5.73 Å². The zero-order valence-electron chi connectivity index (χ0n) is 4.68. The summed E-state index contributed by atoms with van der Waals surface area (Å²) < 4.78 is 0. The quantitative estimate of drug-likeness (QED) is 0.485. The number of hydrogen-bond donors (Lipinski definition) is 1. The van der Waals surface area contributed by atoms with Gasteiger partial charge in [0.25, 0.3) is 0 Å². The van der Waals surface area contributed by atoms with Gasteiger partial charge in [0.05, 0.1) is 5.75 Å². The van der Waals surface area contributed by atoms with Crippen LogP contribution >= 0.6 is 11.8 Å². The van der Waals surface area contributed by atoms with E-state index in [9.17, 15) is 0 Å². The van der Waals surface area contributed by atoms with E-state index in [-0.39, 0.29) is 5.54 Å². The molecule has 0 aliphatic carbocycles. The third-order valence-corrected chi connectivity index (χ3v) is 2.59. The van der Waals surface area contributed by atoms with Crippen LogP contribution in [0.15, 0.2) is 0 Å². The van der Waals surface area contributed by atoms with E-state index < -0.39 is 0 Å². The van der Waals surface area contributed by atoms with Crippen molar-refractivity contribution in [3.63, 3.8) is 0 Å². The van der Waals surface area contributed by atoms with Gasteiger partial charge in [-0.2, -0.15) is 17.0 Å². The van der Waals surface area contributed by atoms with Gasteiger partial charge in [0.1, 0.15) is 6.07 Å². The Morgan fingerprint density at radius 2 is 2.50 bits per heavy atom. The molecule has 0 amide bonds. The van der Waals surface area contributed by atoms with E-state index in [1.807, 2.05) is 11.8 Å². The summed E-state index contributed by atoms with van der Waals surface area (Å²) in [4.78, 5) is 0. The summed E-state index contributed by atoms with van der Waals surface area (Å²) in [6.07, 6.45) is 0.966. The molecule has 1 atom stereocenters. The molecule has 8 heavy (non-hydrogen) atoms. The highest BCUT2D eigenvalue weighted by atomic mass is 32.2. The molecule has 3 heteroatoms. The molecule has 1 fully saturated rings. The highest BCUT2D eigenvalue weighted by Crippen LogP contribution is 2.22. The van der Waals surface area contributed by atoms with Crippen LogP contribution < -0.4 is 5.73 Å². The first-order valence-electron chi connectivity index (χ1n) is 2.61. The minimum absolute atomic E-state index is 0.245. The van der Waals surface area contributed by atoms with Gasteiger partial charge in [-0.3, -0.25) is 0 Å². The van der Waals surface area contributed by atoms with Gasteiger partial charge in [0.15, 0.2) is 5.54 Å². The van der Waals surface area contributed by atoms with Crippen LogP contribution in [0.25, 0.3) is 0 Å². The Hall–Kier alpha value is -0.200. The van der Waals surface area contributed by atoms with Gasteiger partial charge >= 0.3 is 0 Å². The second kappa shape index (κ2) is 1.96. The Morgan fingerprint density at radius 1 is 1.75 bits per heavy atom. The van der Waals surface area contributed by atoms with E-state index in [1.165, 1.54) is 0 Å². The van der Waals surface area contributed by atoms with Crippen LogP contribution in [-0.4, -0.2) is 17.0 Å². The van der Waals surface area contributed by atoms with E-state index in [0.29, 0.717) is 0 Å². The predicted molar refractivity (Wildman–Crippen MR) is 33.2 cm³/mol. The van der Waals surface area contributed by atoms with Crippen LogP contribution in [0.4, 0.5) is 0 Å². The lowest BCUT2D eigenvalue weighted by molar-refractivity contribution is -0.446. The fraction of sp³-hybridized carbons (Fsp3) is 0.800. The van der Waals surface area contributed by atoms with Gasteiger partial charge in [0, 0.05) is 12.2 Å². The summed E-state index contributed by atoms with van der Waals surface area (Å²) >= 11 is 1.82. The molecule has 1 aliphatic heterocycles. The molecule has 44 valence electrons. The molecule has 1 unspecified atom stereocenters. The zero-order chi connectivity index (χ0) is 6.04. The standard InChI is InChI=1S/C5H8N2S/c6-3-5(7)1-2-8-4-5/h1-2,4,7H2/p+1. The molecule has 0 aromatic rings. The summed E-state index contributed by atoms with van der Waals surface area (Å²) in [6, 6.07) is 2.21. The molecule has 0 bridgehead atoms. The number of nitrogens with zero attached hydrogens (tertiary/aromatic N) is 1. The smallest absolute Gasteiger partial charge is 0.191 e. The van der Waals surface area contributed by atoms with Crippen molar-refractivity contribution >= 4 is 11.8 Å². The first kappa shape index (κ1) is 5.93. The minimum atomic E-state index is -0.245. The number of rotatable bonds is 0. The van der Waals surface area contributed by atoms with E-state index in [0.717, 1.165) is 17.9 Å². The van der Waals surface area contributed by atoms with Gasteiger partial charge in [-0.25, -0.2) is 0 Å². The lowest BCUT2D eigenvalue weighted by atomic mass is 10.0. The fourth-order valence-electron chi connectivity index (χ4n) is 0.695. The van der Waals surface area contributed by atoms with Crippen molar-refractivity contribution in [1.82, 2.24) is 0 Å². The summed E-state index contributed by atoms with van der Waals surface area (Å²) in [5, 5.41) is 8.50. The number of quaternary nitrogens is 1. The maximum atomic E-state index is 8.50. The van der Waals surface area contributed by atoms with Crippen molar-refractivity contribution in [3.8, 4) is 6.07 Å². The Balaban J connectivity index is 2.56. The zero-order valence-corrected chi connectivity index (χ0v) is 5.50. The second-order valence-corrected chi connectivity index (χ2v) is 3.30. The normalized spacial score (nSPS) is 37.0. The Kier molecular flexibility index (Phi) is 1.45. The van der Waals surface area contributed by atoms with Crippen molar-refractivity contribution in [2.45, 2.75) is 12.0 Å². The monoisotopic (exact) mass is 129 g/mol. The minimum Gasteiger partial charge on any atom is -0.340 e. The van der Waals surface area contributed by atoms with Gasteiger partial charge in [-0.05, 0) is 0 Å². The molecule has 0 aromatic carbocycles. The summed E-state index contributed by atoms with van der Waals surface area (Å²) in [5.74, 6) is 2.03. The molecular formula is C5H9N2S+. The topological polar surface area (TPSA) is 51.4 Å². The predicted octanol–water partition coefficient (Wildman–Crippen LogP) is -0.372. The highest BCUT2D eigenvalue weighted by molar-refractivity contribution is 7.99. The Morgan fingerprint density at radius 3 is 2.75 bits per heavy atom. The highest BCUT2D eigenvalue weighted by Gasteiger charge is 2.33. The first-order chi connectivity index (χ1) is 3.77. The van der Waals surface area contributed by atoms with Crippen molar-refractivity contribution in [2.24, 2.45) is 0 Å². The van der Waals surface area contributed by atoms with E-state index in [2.05, 4.69) is 11.8 Å². The van der Waals surface area contributed by atoms with Crippen molar-refractivity contribution in [3.05, 3.63) is 0 Å². The van der Waals surface area contributed by atoms with Crippen molar-refractivity contribution in [1.29, 1.82) is 5.26 Å². The van der Waals surface area contributed by atoms with E-state index in [4.69, 9.17) is 5.26 Å². The van der Waals surface area contributed by atoms with Crippen LogP contribution in [0.1, 0.15) is 6.42 Å². The first-order valence-corrected chi connectivity index (χ1v) is 3.77. The largest absolute Gasteiger partial charge is 0.340 e. The number of hydrogen-bond acceptors (Lipinski definition) is 2. The SMILES string of the molecule is N#CC1([NH3+])CCSC1. The van der Waals surface area contributed by atoms with Crippen LogP contribution in [0.2, 0.25) is 0 Å². The van der Waals surface area contributed by atoms with E-state index >= 15 is 0 Å². The lowest BCUT2D eigenvalue weighted by Crippen LogP contribution is -2.72. The molecule has 1 saturated heterocycles. The van der Waals surface area contributed by atoms with Gasteiger partial charge in [-0.1, -0.05) is 0 Å². The van der Waals surface area contributed by atoms with Gasteiger partial charge in [-0.15, -0.1) is 0 Å². The molecule has 0 spiro atoms. The molecular weight excluding hydrogens is 120 g/mol. The van der Waals surface area contributed by atoms with Crippen molar-refractivity contribution in [2.75, 3.05) is 11.5 Å². The average molecular weight is 129 g/mol. The molecule has 1 rings (SSSR count). The van der Waals surface area contributed by atoms with Crippen molar-refractivity contribution < 1.29 is 5.73 Å². The molecule has 0 saturated carbocycles. The fourth-order valence-corrected chi connectivity index (χ4v) is 1.97. The molecule has 1 aliphatic rings. The molecule has 0 aromatic heterocycles. The summed E-state index contributed by atoms with van der Waals surface area (Å²) in [6.45, 7) is 0. The maximum absolute atomic E-state index is 8.50. The molecule has 2 nitrogen and oxygen atoms in total. The Labute approximate surface area is 53.0 Å². The van der Waals surface area contributed by atoms with Crippen LogP contribution in [0, 0.1) is 11.3 Å². The second-order valence-electron chi connectivity index (χ2n) is 2.19. The van der Waals surface area contributed by atoms with Crippen LogP contribution in [-0.2, 0) is 0 Å². The van der Waals surface area contributed by atoms with Crippen LogP contribution in [0.3, 0.4) is 0 Å². The Bertz CT molecular complexity index is 121. The average Bonchev–Trinajstić information content (AvgIpc) is 2.17. The summed E-state index contributed by atoms with van der Waals surface area (Å²) in [5.41, 5.74) is 3.56. The molecule has 0 radical (unpaired) electrons. The van der Waals surface area contributed by atoms with Crippen LogP contribution in [0.5, 0.6) is 0 Å². The third-order valence-electron chi connectivity index (χ3n) is 1.34.